The van der Waals surface area contributed by atoms with Gasteiger partial charge in [-0.25, -0.2) is 5.43 Å². The number of H-pyrrole nitrogens is 1. The zero-order valence-corrected chi connectivity index (χ0v) is 13.1. The maximum absolute atomic E-state index is 12.1. The molecule has 0 unspecified atom stereocenters. The van der Waals surface area contributed by atoms with Crippen LogP contribution in [0.5, 0.6) is 0 Å². The van der Waals surface area contributed by atoms with Crippen LogP contribution in [0.15, 0.2) is 35.6 Å². The number of nitrogens with zero attached hydrogens (tertiary/aromatic N) is 1. The first-order valence-corrected chi connectivity index (χ1v) is 8.12. The van der Waals surface area contributed by atoms with E-state index in [4.69, 9.17) is 0 Å². The highest BCUT2D eigenvalue weighted by Gasteiger charge is 2.16. The Hall–Kier alpha value is -2.10. The molecule has 0 saturated heterocycles. The molecule has 4 heteroatoms. The van der Waals surface area contributed by atoms with Gasteiger partial charge >= 0.3 is 0 Å². The fourth-order valence-corrected chi connectivity index (χ4v) is 3.25. The van der Waals surface area contributed by atoms with Gasteiger partial charge in [0.15, 0.2) is 0 Å². The summed E-state index contributed by atoms with van der Waals surface area (Å²) in [6.45, 7) is 2.03. The van der Waals surface area contributed by atoms with E-state index in [-0.39, 0.29) is 5.91 Å². The molecule has 3 rings (SSSR count). The van der Waals surface area contributed by atoms with Crippen LogP contribution in [0.1, 0.15) is 44.6 Å². The summed E-state index contributed by atoms with van der Waals surface area (Å²) in [6.07, 6.45) is 8.55. The molecule has 22 heavy (non-hydrogen) atoms. The van der Waals surface area contributed by atoms with Crippen molar-refractivity contribution in [2.75, 3.05) is 0 Å². The number of benzene rings is 1. The normalized spacial score (nSPS) is 16.9. The van der Waals surface area contributed by atoms with Gasteiger partial charge in [-0.2, -0.15) is 5.10 Å². The summed E-state index contributed by atoms with van der Waals surface area (Å²) in [5.41, 5.74) is 5.85. The minimum absolute atomic E-state index is 0.0556. The first-order chi connectivity index (χ1) is 10.7. The quantitative estimate of drug-likeness (QED) is 0.655. The van der Waals surface area contributed by atoms with Crippen LogP contribution in [-0.2, 0) is 11.2 Å². The molecule has 1 fully saturated rings. The topological polar surface area (TPSA) is 57.2 Å². The van der Waals surface area contributed by atoms with Crippen LogP contribution >= 0.6 is 0 Å². The largest absolute Gasteiger partial charge is 0.361 e. The lowest BCUT2D eigenvalue weighted by atomic mass is 9.86. The Morgan fingerprint density at radius 2 is 2.05 bits per heavy atom. The molecule has 1 heterocycles. The van der Waals surface area contributed by atoms with Gasteiger partial charge in [0, 0.05) is 22.8 Å². The molecule has 1 aliphatic rings. The van der Waals surface area contributed by atoms with E-state index in [1.807, 2.05) is 37.4 Å². The predicted molar refractivity (Wildman–Crippen MR) is 89.8 cm³/mol. The third kappa shape index (κ3) is 3.38. The van der Waals surface area contributed by atoms with Gasteiger partial charge in [0.1, 0.15) is 0 Å². The van der Waals surface area contributed by atoms with Crippen LogP contribution in [0, 0.1) is 5.92 Å². The molecular weight excluding hydrogens is 274 g/mol. The molecule has 4 nitrogen and oxygen atoms in total. The molecule has 0 atom stereocenters. The average Bonchev–Trinajstić information content (AvgIpc) is 2.97. The highest BCUT2D eigenvalue weighted by molar-refractivity contribution is 5.90. The summed E-state index contributed by atoms with van der Waals surface area (Å²) >= 11 is 0. The van der Waals surface area contributed by atoms with Crippen molar-refractivity contribution in [3.05, 3.63) is 36.0 Å². The van der Waals surface area contributed by atoms with Gasteiger partial charge in [0.05, 0.1) is 6.42 Å². The maximum atomic E-state index is 12.1. The van der Waals surface area contributed by atoms with E-state index in [0.717, 1.165) is 22.2 Å². The highest BCUT2D eigenvalue weighted by Crippen LogP contribution is 2.24. The lowest BCUT2D eigenvalue weighted by Gasteiger charge is -2.21. The smallest absolute Gasteiger partial charge is 0.244 e. The van der Waals surface area contributed by atoms with Crippen molar-refractivity contribution < 1.29 is 4.79 Å². The number of aromatic nitrogens is 1. The van der Waals surface area contributed by atoms with Crippen LogP contribution in [0.2, 0.25) is 0 Å². The first-order valence-electron chi connectivity index (χ1n) is 8.12. The highest BCUT2D eigenvalue weighted by atomic mass is 16.2. The Kier molecular flexibility index (Phi) is 4.56. The zero-order valence-electron chi connectivity index (χ0n) is 13.1. The lowest BCUT2D eigenvalue weighted by molar-refractivity contribution is -0.120. The fraction of sp³-hybridized carbons (Fsp3) is 0.444. The van der Waals surface area contributed by atoms with Gasteiger partial charge in [-0.3, -0.25) is 4.79 Å². The SMILES string of the molecule is CC(=NNC(=O)Cc1c[nH]c2ccccc12)C1CCCCC1. The van der Waals surface area contributed by atoms with Crippen molar-refractivity contribution in [1.82, 2.24) is 10.4 Å². The summed E-state index contributed by atoms with van der Waals surface area (Å²) in [7, 11) is 0. The molecule has 1 aliphatic carbocycles. The van der Waals surface area contributed by atoms with Gasteiger partial charge in [0.25, 0.3) is 0 Å². The number of hydrogen-bond acceptors (Lipinski definition) is 2. The molecule has 1 aromatic carbocycles. The Labute approximate surface area is 131 Å². The fourth-order valence-electron chi connectivity index (χ4n) is 3.25. The number of carbonyl (C=O) groups excluding carboxylic acids is 1. The number of para-hydroxylation sites is 1. The number of fused-ring (bicyclic) bond motifs is 1. The van der Waals surface area contributed by atoms with Crippen LogP contribution < -0.4 is 5.43 Å². The van der Waals surface area contributed by atoms with Crippen LogP contribution in [-0.4, -0.2) is 16.6 Å². The van der Waals surface area contributed by atoms with Gasteiger partial charge < -0.3 is 4.98 Å². The second kappa shape index (κ2) is 6.77. The van der Waals surface area contributed by atoms with E-state index in [1.165, 1.54) is 32.1 Å². The molecule has 1 saturated carbocycles. The molecule has 1 amide bonds. The van der Waals surface area contributed by atoms with Gasteiger partial charge in [-0.05, 0) is 37.3 Å². The van der Waals surface area contributed by atoms with Gasteiger partial charge in [-0.1, -0.05) is 37.5 Å². The third-order valence-corrected chi connectivity index (χ3v) is 4.58. The average molecular weight is 297 g/mol. The summed E-state index contributed by atoms with van der Waals surface area (Å²) in [6, 6.07) is 8.02. The third-order valence-electron chi connectivity index (χ3n) is 4.58. The molecule has 0 bridgehead atoms. The number of hydrazone groups is 1. The molecule has 1 aromatic heterocycles. The minimum Gasteiger partial charge on any atom is -0.361 e. The van der Waals surface area contributed by atoms with Crippen molar-refractivity contribution in [3.63, 3.8) is 0 Å². The number of carbonyl (C=O) groups is 1. The second-order valence-corrected chi connectivity index (χ2v) is 6.16. The number of nitrogens with one attached hydrogen (secondary N) is 2. The molecular formula is C18H23N3O. The summed E-state index contributed by atoms with van der Waals surface area (Å²) in [4.78, 5) is 15.3. The lowest BCUT2D eigenvalue weighted by Crippen LogP contribution is -2.24. The molecule has 0 aliphatic heterocycles. The molecule has 0 radical (unpaired) electrons. The van der Waals surface area contributed by atoms with Crippen LogP contribution in [0.4, 0.5) is 0 Å². The predicted octanol–water partition coefficient (Wildman–Crippen LogP) is 3.78. The maximum Gasteiger partial charge on any atom is 0.244 e. The zero-order chi connectivity index (χ0) is 15.4. The Morgan fingerprint density at radius 1 is 1.27 bits per heavy atom. The van der Waals surface area contributed by atoms with Crippen molar-refractivity contribution in [1.29, 1.82) is 0 Å². The number of hydrogen-bond donors (Lipinski definition) is 2. The first kappa shape index (κ1) is 14.8. The van der Waals surface area contributed by atoms with Crippen molar-refractivity contribution in [2.45, 2.75) is 45.4 Å². The number of rotatable bonds is 4. The van der Waals surface area contributed by atoms with E-state index < -0.39 is 0 Å². The second-order valence-electron chi connectivity index (χ2n) is 6.16. The monoisotopic (exact) mass is 297 g/mol. The van der Waals surface area contributed by atoms with E-state index in [0.29, 0.717) is 12.3 Å². The van der Waals surface area contributed by atoms with E-state index >= 15 is 0 Å². The number of amides is 1. The molecule has 2 N–H and O–H groups in total. The Balaban J connectivity index is 1.60. The summed E-state index contributed by atoms with van der Waals surface area (Å²) in [5.74, 6) is 0.488. The minimum atomic E-state index is -0.0556. The van der Waals surface area contributed by atoms with E-state index in [9.17, 15) is 4.79 Å². The Morgan fingerprint density at radius 3 is 2.86 bits per heavy atom. The van der Waals surface area contributed by atoms with Crippen molar-refractivity contribution in [2.24, 2.45) is 11.0 Å². The Bertz CT molecular complexity index is 680. The molecule has 0 spiro atoms. The van der Waals surface area contributed by atoms with Crippen LogP contribution in [0.25, 0.3) is 10.9 Å². The van der Waals surface area contributed by atoms with Gasteiger partial charge in [0.2, 0.25) is 5.91 Å². The van der Waals surface area contributed by atoms with Crippen molar-refractivity contribution in [3.8, 4) is 0 Å². The van der Waals surface area contributed by atoms with Crippen LogP contribution in [0.3, 0.4) is 0 Å². The molecule has 2 aromatic rings. The number of aromatic amines is 1. The molecule has 116 valence electrons. The van der Waals surface area contributed by atoms with Gasteiger partial charge in [-0.15, -0.1) is 0 Å². The van der Waals surface area contributed by atoms with E-state index in [1.54, 1.807) is 0 Å². The van der Waals surface area contributed by atoms with Crippen molar-refractivity contribution >= 4 is 22.5 Å². The summed E-state index contributed by atoms with van der Waals surface area (Å²) < 4.78 is 0. The summed E-state index contributed by atoms with van der Waals surface area (Å²) in [5, 5.41) is 5.42. The van der Waals surface area contributed by atoms with E-state index in [2.05, 4.69) is 15.5 Å². The standard InChI is InChI=1S/C18H23N3O/c1-13(14-7-3-2-4-8-14)20-21-18(22)11-15-12-19-17-10-6-5-9-16(15)17/h5-6,9-10,12,14,19H,2-4,7-8,11H2,1H3,(H,21,22).